The second kappa shape index (κ2) is 10.9. The molecule has 1 heterocycles. The Kier molecular flexibility index (Phi) is 8.03. The number of benzene rings is 1. The number of carbonyl (C=O) groups is 4. The van der Waals surface area contributed by atoms with E-state index in [1.54, 1.807) is 6.08 Å². The molecule has 8 heteroatoms. The topological polar surface area (TPSA) is 105 Å². The maximum absolute atomic E-state index is 13.4. The van der Waals surface area contributed by atoms with Gasteiger partial charge in [0.25, 0.3) is 5.91 Å². The van der Waals surface area contributed by atoms with Crippen LogP contribution in [0.15, 0.2) is 30.0 Å². The van der Waals surface area contributed by atoms with E-state index in [1.807, 2.05) is 31.2 Å². The van der Waals surface area contributed by atoms with Crippen LogP contribution in [0.5, 0.6) is 0 Å². The largest absolute Gasteiger partial charge is 0.462 e. The lowest BCUT2D eigenvalue weighted by Gasteiger charge is -2.35. The molecule has 8 nitrogen and oxygen atoms in total. The summed E-state index contributed by atoms with van der Waals surface area (Å²) in [7, 11) is 0. The third-order valence-electron chi connectivity index (χ3n) is 5.83. The van der Waals surface area contributed by atoms with Crippen LogP contribution in [0.3, 0.4) is 0 Å². The summed E-state index contributed by atoms with van der Waals surface area (Å²) in [5, 5.41) is 5.31. The van der Waals surface area contributed by atoms with Crippen molar-refractivity contribution in [1.29, 1.82) is 0 Å². The summed E-state index contributed by atoms with van der Waals surface area (Å²) in [6.07, 6.45) is 6.11. The van der Waals surface area contributed by atoms with Crippen molar-refractivity contribution in [2.75, 3.05) is 13.1 Å². The van der Waals surface area contributed by atoms with Crippen LogP contribution in [-0.4, -0.2) is 53.8 Å². The lowest BCUT2D eigenvalue weighted by molar-refractivity contribution is -0.156. The van der Waals surface area contributed by atoms with E-state index in [0.717, 1.165) is 43.2 Å². The summed E-state index contributed by atoms with van der Waals surface area (Å²) >= 11 is 0. The maximum Gasteiger partial charge on any atom is 0.308 e. The number of hydrogen-bond acceptors (Lipinski definition) is 5. The van der Waals surface area contributed by atoms with E-state index < -0.39 is 29.7 Å². The van der Waals surface area contributed by atoms with E-state index in [-0.39, 0.29) is 31.3 Å². The smallest absolute Gasteiger partial charge is 0.308 e. The Morgan fingerprint density at radius 3 is 2.59 bits per heavy atom. The molecule has 32 heavy (non-hydrogen) atoms. The average Bonchev–Trinajstić information content (AvgIpc) is 2.76. The Bertz CT molecular complexity index is 905. The fourth-order valence-corrected chi connectivity index (χ4v) is 4.14. The van der Waals surface area contributed by atoms with Crippen molar-refractivity contribution >= 4 is 29.8 Å². The van der Waals surface area contributed by atoms with Crippen LogP contribution >= 0.6 is 0 Å². The molecule has 1 saturated heterocycles. The molecule has 2 aliphatic rings. The number of nitrogens with zero attached hydrogens (tertiary/aromatic N) is 1. The first-order valence-electron chi connectivity index (χ1n) is 11.2. The molecule has 2 N–H and O–H groups in total. The quantitative estimate of drug-likeness (QED) is 0.519. The van der Waals surface area contributed by atoms with Gasteiger partial charge in [-0.3, -0.25) is 19.2 Å². The number of esters is 1. The molecule has 0 aromatic heterocycles. The van der Waals surface area contributed by atoms with Crippen molar-refractivity contribution in [3.63, 3.8) is 0 Å². The highest BCUT2D eigenvalue weighted by Crippen LogP contribution is 2.22. The maximum atomic E-state index is 13.4. The number of amides is 3. The van der Waals surface area contributed by atoms with Crippen molar-refractivity contribution in [3.05, 3.63) is 41.1 Å². The lowest BCUT2D eigenvalue weighted by Crippen LogP contribution is -2.59. The number of ether oxygens (including phenoxy) is 1. The second-order valence-electron chi connectivity index (χ2n) is 8.36. The molecular formula is C24H31N3O5. The van der Waals surface area contributed by atoms with Crippen LogP contribution in [0.25, 0.3) is 6.08 Å². The molecule has 0 bridgehead atoms. The summed E-state index contributed by atoms with van der Waals surface area (Å²) in [5.41, 5.74) is 1.78. The van der Waals surface area contributed by atoms with Gasteiger partial charge in [-0.05, 0) is 49.8 Å². The van der Waals surface area contributed by atoms with Gasteiger partial charge in [0.1, 0.15) is 17.8 Å². The van der Waals surface area contributed by atoms with Gasteiger partial charge in [0.15, 0.2) is 0 Å². The van der Waals surface area contributed by atoms with Crippen LogP contribution in [0.1, 0.15) is 56.6 Å². The van der Waals surface area contributed by atoms with E-state index in [0.29, 0.717) is 0 Å². The highest BCUT2D eigenvalue weighted by atomic mass is 16.5. The third kappa shape index (κ3) is 6.18. The van der Waals surface area contributed by atoms with Gasteiger partial charge in [-0.1, -0.05) is 30.7 Å². The fourth-order valence-electron chi connectivity index (χ4n) is 4.14. The van der Waals surface area contributed by atoms with E-state index in [4.69, 9.17) is 4.74 Å². The summed E-state index contributed by atoms with van der Waals surface area (Å²) in [4.78, 5) is 51.6. The minimum absolute atomic E-state index is 0.0622. The molecule has 172 valence electrons. The Labute approximate surface area is 188 Å². The predicted molar refractivity (Wildman–Crippen MR) is 119 cm³/mol. The van der Waals surface area contributed by atoms with Crippen LogP contribution in [0, 0.1) is 6.92 Å². The molecule has 1 aliphatic carbocycles. The molecule has 0 spiro atoms. The fraction of sp³-hybridized carbons (Fsp3) is 0.500. The normalized spacial score (nSPS) is 19.8. The van der Waals surface area contributed by atoms with Crippen molar-refractivity contribution < 1.29 is 23.9 Å². The lowest BCUT2D eigenvalue weighted by atomic mass is 9.98. The van der Waals surface area contributed by atoms with Crippen molar-refractivity contribution in [2.45, 2.75) is 64.5 Å². The highest BCUT2D eigenvalue weighted by molar-refractivity contribution is 6.03. The van der Waals surface area contributed by atoms with Gasteiger partial charge in [0.2, 0.25) is 11.8 Å². The molecule has 1 saturated carbocycles. The van der Waals surface area contributed by atoms with Gasteiger partial charge < -0.3 is 20.3 Å². The van der Waals surface area contributed by atoms with E-state index in [2.05, 4.69) is 10.6 Å². The molecule has 1 aliphatic heterocycles. The number of carbonyl (C=O) groups excluding carboxylic acids is 4. The highest BCUT2D eigenvalue weighted by Gasteiger charge is 2.37. The first kappa shape index (κ1) is 23.5. The number of nitrogens with one attached hydrogen (secondary N) is 2. The Balaban J connectivity index is 1.79. The zero-order chi connectivity index (χ0) is 23.1. The molecular weight excluding hydrogens is 410 g/mol. The van der Waals surface area contributed by atoms with Gasteiger partial charge in [-0.25, -0.2) is 0 Å². The first-order valence-corrected chi connectivity index (χ1v) is 11.2. The summed E-state index contributed by atoms with van der Waals surface area (Å²) in [6, 6.07) is 6.48. The number of rotatable bonds is 6. The number of aryl methyl sites for hydroxylation is 1. The summed E-state index contributed by atoms with van der Waals surface area (Å²) in [5.74, 6) is -1.79. The number of piperazine rings is 1. The molecule has 2 fully saturated rings. The van der Waals surface area contributed by atoms with Gasteiger partial charge in [-0.15, -0.1) is 0 Å². The summed E-state index contributed by atoms with van der Waals surface area (Å²) in [6.45, 7) is 3.73. The molecule has 1 atom stereocenters. The van der Waals surface area contributed by atoms with Crippen LogP contribution < -0.4 is 10.6 Å². The third-order valence-corrected chi connectivity index (χ3v) is 5.83. The van der Waals surface area contributed by atoms with Crippen molar-refractivity contribution in [2.24, 2.45) is 0 Å². The van der Waals surface area contributed by atoms with Crippen molar-refractivity contribution in [3.8, 4) is 0 Å². The second-order valence-corrected chi connectivity index (χ2v) is 8.36. The van der Waals surface area contributed by atoms with E-state index >= 15 is 0 Å². The van der Waals surface area contributed by atoms with Crippen LogP contribution in [0.2, 0.25) is 0 Å². The molecule has 1 unspecified atom stereocenters. The monoisotopic (exact) mass is 441 g/mol. The molecule has 1 aromatic rings. The van der Waals surface area contributed by atoms with Gasteiger partial charge in [0.05, 0.1) is 6.42 Å². The van der Waals surface area contributed by atoms with E-state index in [1.165, 1.54) is 11.8 Å². The Morgan fingerprint density at radius 1 is 1.19 bits per heavy atom. The minimum Gasteiger partial charge on any atom is -0.462 e. The van der Waals surface area contributed by atoms with Gasteiger partial charge >= 0.3 is 5.97 Å². The number of hydrogen-bond donors (Lipinski definition) is 2. The predicted octanol–water partition coefficient (Wildman–Crippen LogP) is 2.07. The SMILES string of the molecule is CC(=O)NC(=Cc1ccccc1C)C(=O)N1CCNC(=O)C1CC(=O)OC1CCCCC1. The zero-order valence-corrected chi connectivity index (χ0v) is 18.7. The van der Waals surface area contributed by atoms with E-state index in [9.17, 15) is 19.2 Å². The minimum atomic E-state index is -0.985. The van der Waals surface area contributed by atoms with Gasteiger partial charge in [0, 0.05) is 20.0 Å². The summed E-state index contributed by atoms with van der Waals surface area (Å²) < 4.78 is 5.57. The van der Waals surface area contributed by atoms with Crippen LogP contribution in [0.4, 0.5) is 0 Å². The van der Waals surface area contributed by atoms with Crippen molar-refractivity contribution in [1.82, 2.24) is 15.5 Å². The van der Waals surface area contributed by atoms with Crippen LogP contribution in [-0.2, 0) is 23.9 Å². The standard InChI is InChI=1S/C24H31N3O5/c1-16-8-6-7-9-18(16)14-20(26-17(2)28)24(31)27-13-12-25-23(30)21(27)15-22(29)32-19-10-4-3-5-11-19/h6-9,14,19,21H,3-5,10-13,15H2,1-2H3,(H,25,30)(H,26,28). The zero-order valence-electron chi connectivity index (χ0n) is 18.7. The molecule has 1 aromatic carbocycles. The molecule has 3 rings (SSSR count). The Morgan fingerprint density at radius 2 is 1.91 bits per heavy atom. The Hall–Kier alpha value is -3.16. The van der Waals surface area contributed by atoms with Gasteiger partial charge in [-0.2, -0.15) is 0 Å². The molecule has 0 radical (unpaired) electrons. The molecule has 3 amide bonds. The average molecular weight is 442 g/mol. The first-order chi connectivity index (χ1) is 15.3.